The van der Waals surface area contributed by atoms with Crippen LogP contribution in [0.25, 0.3) is 0 Å². The third-order valence-electron chi connectivity index (χ3n) is 3.25. The number of amides is 1. The van der Waals surface area contributed by atoms with E-state index in [1.54, 1.807) is 0 Å². The normalized spacial score (nSPS) is 17.6. The summed E-state index contributed by atoms with van der Waals surface area (Å²) in [4.78, 5) is 14.1. The van der Waals surface area contributed by atoms with Gasteiger partial charge in [0.05, 0.1) is 0 Å². The molecule has 0 heterocycles. The van der Waals surface area contributed by atoms with Crippen LogP contribution in [0.4, 0.5) is 4.79 Å². The van der Waals surface area contributed by atoms with Crippen molar-refractivity contribution in [3.63, 3.8) is 0 Å². The highest BCUT2D eigenvalue weighted by molar-refractivity contribution is 5.68. The van der Waals surface area contributed by atoms with Crippen LogP contribution in [0.15, 0.2) is 0 Å². The molecular weight excluding hydrogens is 228 g/mol. The molecule has 106 valence electrons. The summed E-state index contributed by atoms with van der Waals surface area (Å²) in [7, 11) is 0. The molecular formula is C14H28N2O2. The summed E-state index contributed by atoms with van der Waals surface area (Å²) in [6.45, 7) is 7.06. The van der Waals surface area contributed by atoms with Gasteiger partial charge in [-0.1, -0.05) is 19.3 Å². The zero-order valence-corrected chi connectivity index (χ0v) is 12.1. The van der Waals surface area contributed by atoms with Gasteiger partial charge in [-0.05, 0) is 46.6 Å². The summed E-state index contributed by atoms with van der Waals surface area (Å²) in [5.41, 5.74) is 5.13. The molecule has 1 rings (SSSR count). The van der Waals surface area contributed by atoms with Crippen LogP contribution in [0.5, 0.6) is 0 Å². The Labute approximate surface area is 111 Å². The van der Waals surface area contributed by atoms with E-state index in [4.69, 9.17) is 10.5 Å². The Bertz CT molecular complexity index is 255. The topological polar surface area (TPSA) is 55.6 Å². The molecule has 2 N–H and O–H groups in total. The van der Waals surface area contributed by atoms with E-state index < -0.39 is 5.60 Å². The van der Waals surface area contributed by atoms with Gasteiger partial charge in [-0.2, -0.15) is 0 Å². The van der Waals surface area contributed by atoms with Gasteiger partial charge in [0.2, 0.25) is 0 Å². The van der Waals surface area contributed by atoms with Crippen LogP contribution in [-0.2, 0) is 4.74 Å². The van der Waals surface area contributed by atoms with Crippen molar-refractivity contribution in [3.8, 4) is 0 Å². The van der Waals surface area contributed by atoms with E-state index in [9.17, 15) is 4.79 Å². The van der Waals surface area contributed by atoms with E-state index in [1.165, 1.54) is 19.3 Å². The van der Waals surface area contributed by atoms with Gasteiger partial charge in [0.25, 0.3) is 0 Å². The van der Waals surface area contributed by atoms with Gasteiger partial charge >= 0.3 is 6.09 Å². The van der Waals surface area contributed by atoms with E-state index in [1.807, 2.05) is 25.7 Å². The number of carbonyl (C=O) groups is 1. The highest BCUT2D eigenvalue weighted by Crippen LogP contribution is 2.24. The Kier molecular flexibility index (Phi) is 5.93. The standard InChI is InChI=1S/C14H28N2O2/c1-14(2,3)18-13(17)16(11-7-10-15)12-8-5-4-6-9-12/h12H,4-11,15H2,1-3H3. The minimum absolute atomic E-state index is 0.178. The van der Waals surface area contributed by atoms with Crippen LogP contribution in [-0.4, -0.2) is 35.7 Å². The minimum atomic E-state index is -0.424. The van der Waals surface area contributed by atoms with Gasteiger partial charge in [-0.15, -0.1) is 0 Å². The lowest BCUT2D eigenvalue weighted by atomic mass is 9.94. The zero-order valence-electron chi connectivity index (χ0n) is 12.1. The molecule has 1 saturated carbocycles. The van der Waals surface area contributed by atoms with Crippen molar-refractivity contribution < 1.29 is 9.53 Å². The summed E-state index contributed by atoms with van der Waals surface area (Å²) >= 11 is 0. The molecule has 0 radical (unpaired) electrons. The first-order chi connectivity index (χ1) is 8.44. The lowest BCUT2D eigenvalue weighted by Gasteiger charge is -2.35. The fraction of sp³-hybridized carbons (Fsp3) is 0.929. The first kappa shape index (κ1) is 15.3. The largest absolute Gasteiger partial charge is 0.444 e. The average Bonchev–Trinajstić information content (AvgIpc) is 2.28. The number of ether oxygens (including phenoxy) is 1. The van der Waals surface area contributed by atoms with E-state index in [2.05, 4.69) is 0 Å². The van der Waals surface area contributed by atoms with Gasteiger partial charge in [-0.25, -0.2) is 4.79 Å². The van der Waals surface area contributed by atoms with Crippen molar-refractivity contribution in [3.05, 3.63) is 0 Å². The van der Waals surface area contributed by atoms with Crippen LogP contribution in [0.1, 0.15) is 59.3 Å². The number of rotatable bonds is 4. The van der Waals surface area contributed by atoms with Crippen LogP contribution < -0.4 is 5.73 Å². The van der Waals surface area contributed by atoms with Crippen molar-refractivity contribution in [1.29, 1.82) is 0 Å². The Balaban J connectivity index is 2.60. The molecule has 0 aromatic heterocycles. The highest BCUT2D eigenvalue weighted by atomic mass is 16.6. The maximum atomic E-state index is 12.2. The molecule has 0 bridgehead atoms. The molecule has 4 nitrogen and oxygen atoms in total. The first-order valence-corrected chi connectivity index (χ1v) is 7.14. The smallest absolute Gasteiger partial charge is 0.410 e. The quantitative estimate of drug-likeness (QED) is 0.841. The summed E-state index contributed by atoms with van der Waals surface area (Å²) in [6.07, 6.45) is 6.58. The second-order valence-corrected chi connectivity index (χ2v) is 6.11. The second kappa shape index (κ2) is 6.98. The fourth-order valence-electron chi connectivity index (χ4n) is 2.40. The van der Waals surface area contributed by atoms with Gasteiger partial charge in [0.15, 0.2) is 0 Å². The SMILES string of the molecule is CC(C)(C)OC(=O)N(CCCN)C1CCCCC1. The molecule has 0 aliphatic heterocycles. The maximum Gasteiger partial charge on any atom is 0.410 e. The Hall–Kier alpha value is -0.770. The van der Waals surface area contributed by atoms with Crippen LogP contribution >= 0.6 is 0 Å². The number of nitrogens with two attached hydrogens (primary N) is 1. The number of nitrogens with zero attached hydrogens (tertiary/aromatic N) is 1. The van der Waals surface area contributed by atoms with E-state index >= 15 is 0 Å². The Morgan fingerprint density at radius 1 is 1.28 bits per heavy atom. The van der Waals surface area contributed by atoms with Gasteiger partial charge < -0.3 is 15.4 Å². The predicted octanol–water partition coefficient (Wildman–Crippen LogP) is 2.91. The summed E-state index contributed by atoms with van der Waals surface area (Å²) < 4.78 is 5.50. The summed E-state index contributed by atoms with van der Waals surface area (Å²) in [5.74, 6) is 0. The van der Waals surface area contributed by atoms with E-state index in [-0.39, 0.29) is 6.09 Å². The third kappa shape index (κ3) is 5.25. The van der Waals surface area contributed by atoms with Gasteiger partial charge in [-0.3, -0.25) is 0 Å². The molecule has 4 heteroatoms. The molecule has 0 aromatic rings. The number of hydrogen-bond acceptors (Lipinski definition) is 3. The van der Waals surface area contributed by atoms with Crippen LogP contribution in [0, 0.1) is 0 Å². The molecule has 0 aromatic carbocycles. The molecule has 1 amide bonds. The van der Waals surface area contributed by atoms with Crippen LogP contribution in [0.2, 0.25) is 0 Å². The van der Waals surface area contributed by atoms with E-state index in [0.29, 0.717) is 12.6 Å². The Morgan fingerprint density at radius 2 is 1.89 bits per heavy atom. The van der Waals surface area contributed by atoms with Crippen molar-refractivity contribution in [2.75, 3.05) is 13.1 Å². The third-order valence-corrected chi connectivity index (χ3v) is 3.25. The molecule has 1 aliphatic rings. The van der Waals surface area contributed by atoms with Crippen molar-refractivity contribution in [1.82, 2.24) is 4.90 Å². The molecule has 18 heavy (non-hydrogen) atoms. The molecule has 0 spiro atoms. The second-order valence-electron chi connectivity index (χ2n) is 6.11. The van der Waals surface area contributed by atoms with Crippen molar-refractivity contribution >= 4 is 6.09 Å². The highest BCUT2D eigenvalue weighted by Gasteiger charge is 2.28. The minimum Gasteiger partial charge on any atom is -0.444 e. The summed E-state index contributed by atoms with van der Waals surface area (Å²) in [5, 5.41) is 0. The molecule has 1 aliphatic carbocycles. The van der Waals surface area contributed by atoms with Crippen molar-refractivity contribution in [2.24, 2.45) is 5.73 Å². The summed E-state index contributed by atoms with van der Waals surface area (Å²) in [6, 6.07) is 0.347. The number of hydrogen-bond donors (Lipinski definition) is 1. The van der Waals surface area contributed by atoms with Crippen molar-refractivity contribution in [2.45, 2.75) is 70.9 Å². The monoisotopic (exact) mass is 256 g/mol. The zero-order chi connectivity index (χ0) is 13.6. The molecule has 0 atom stereocenters. The Morgan fingerprint density at radius 3 is 2.39 bits per heavy atom. The molecule has 0 unspecified atom stereocenters. The molecule has 1 fully saturated rings. The van der Waals surface area contributed by atoms with E-state index in [0.717, 1.165) is 25.8 Å². The predicted molar refractivity (Wildman–Crippen MR) is 73.5 cm³/mol. The van der Waals surface area contributed by atoms with Gasteiger partial charge in [0.1, 0.15) is 5.60 Å². The fourth-order valence-corrected chi connectivity index (χ4v) is 2.40. The lowest BCUT2D eigenvalue weighted by molar-refractivity contribution is 0.0120. The molecule has 0 saturated heterocycles. The maximum absolute atomic E-state index is 12.2. The number of carbonyl (C=O) groups excluding carboxylic acids is 1. The average molecular weight is 256 g/mol. The van der Waals surface area contributed by atoms with Gasteiger partial charge in [0, 0.05) is 12.6 Å². The first-order valence-electron chi connectivity index (χ1n) is 7.14. The van der Waals surface area contributed by atoms with Crippen LogP contribution in [0.3, 0.4) is 0 Å². The lowest BCUT2D eigenvalue weighted by Crippen LogP contribution is -2.45.